The lowest BCUT2D eigenvalue weighted by Crippen LogP contribution is -2.32. The van der Waals surface area contributed by atoms with Gasteiger partial charge in [0.15, 0.2) is 0 Å². The van der Waals surface area contributed by atoms with Crippen LogP contribution < -0.4 is 10.6 Å². The van der Waals surface area contributed by atoms with Crippen LogP contribution in [-0.2, 0) is 4.79 Å². The Bertz CT molecular complexity index is 497. The van der Waals surface area contributed by atoms with Crippen molar-refractivity contribution in [1.82, 2.24) is 5.32 Å². The number of carbonyl (C=O) groups excluding carboxylic acids is 1. The molecule has 0 saturated carbocycles. The zero-order valence-corrected chi connectivity index (χ0v) is 13.9. The Morgan fingerprint density at radius 1 is 1.45 bits per heavy atom. The molecule has 0 radical (unpaired) electrons. The van der Waals surface area contributed by atoms with Gasteiger partial charge >= 0.3 is 12.0 Å². The maximum Gasteiger partial charge on any atom is 0.319 e. The van der Waals surface area contributed by atoms with E-state index in [-0.39, 0.29) is 18.4 Å². The predicted octanol–water partition coefficient (Wildman–Crippen LogP) is 3.57. The summed E-state index contributed by atoms with van der Waals surface area (Å²) in [5.41, 5.74) is 0.686. The zero-order valence-electron chi connectivity index (χ0n) is 11.0. The monoisotopic (exact) mass is 410 g/mol. The quantitative estimate of drug-likeness (QED) is 0.627. The molecule has 0 aliphatic carbocycles. The Morgan fingerprint density at radius 3 is 2.75 bits per heavy atom. The highest BCUT2D eigenvalue weighted by molar-refractivity contribution is 14.1. The maximum absolute atomic E-state index is 11.7. The van der Waals surface area contributed by atoms with Gasteiger partial charge in [0.2, 0.25) is 0 Å². The van der Waals surface area contributed by atoms with Gasteiger partial charge in [-0.1, -0.05) is 18.5 Å². The Kier molecular flexibility index (Phi) is 7.08. The lowest BCUT2D eigenvalue weighted by molar-refractivity contribution is -0.137. The molecule has 1 aromatic carbocycles. The molecular weight excluding hydrogens is 395 g/mol. The number of halogens is 2. The van der Waals surface area contributed by atoms with Crippen molar-refractivity contribution in [1.29, 1.82) is 0 Å². The molecule has 0 heterocycles. The summed E-state index contributed by atoms with van der Waals surface area (Å²) in [6, 6.07) is 4.88. The van der Waals surface area contributed by atoms with E-state index >= 15 is 0 Å². The number of benzene rings is 1. The van der Waals surface area contributed by atoms with Crippen molar-refractivity contribution in [2.75, 3.05) is 11.9 Å². The summed E-state index contributed by atoms with van der Waals surface area (Å²) in [6.45, 7) is 2.33. The maximum atomic E-state index is 11.7. The summed E-state index contributed by atoms with van der Waals surface area (Å²) in [4.78, 5) is 22.2. The van der Waals surface area contributed by atoms with Crippen LogP contribution in [0.4, 0.5) is 10.5 Å². The van der Waals surface area contributed by atoms with Crippen LogP contribution in [0.15, 0.2) is 18.2 Å². The minimum absolute atomic E-state index is 0.111. The summed E-state index contributed by atoms with van der Waals surface area (Å²) in [7, 11) is 0. The molecule has 0 fully saturated rings. The normalized spacial score (nSPS) is 11.8. The van der Waals surface area contributed by atoms with Gasteiger partial charge in [-0.15, -0.1) is 0 Å². The van der Waals surface area contributed by atoms with Crippen LogP contribution >= 0.6 is 34.2 Å². The number of carbonyl (C=O) groups is 2. The minimum atomic E-state index is -0.822. The number of carboxylic acids is 1. The molecular formula is C13H16ClIN2O3. The first kappa shape index (κ1) is 17.0. The van der Waals surface area contributed by atoms with Gasteiger partial charge in [0.05, 0.1) is 5.69 Å². The fraction of sp³-hybridized carbons (Fsp3) is 0.385. The van der Waals surface area contributed by atoms with Crippen molar-refractivity contribution >= 4 is 51.9 Å². The van der Waals surface area contributed by atoms with Gasteiger partial charge in [-0.25, -0.2) is 4.79 Å². The second-order valence-corrected chi connectivity index (χ2v) is 6.10. The fourth-order valence-electron chi connectivity index (χ4n) is 1.50. The molecule has 7 heteroatoms. The van der Waals surface area contributed by atoms with Crippen LogP contribution in [0.3, 0.4) is 0 Å². The molecule has 2 amide bonds. The number of nitrogens with one attached hydrogen (secondary N) is 2. The summed E-state index contributed by atoms with van der Waals surface area (Å²) >= 11 is 7.92. The van der Waals surface area contributed by atoms with Gasteiger partial charge in [0, 0.05) is 21.6 Å². The Hall–Kier alpha value is -1.02. The van der Waals surface area contributed by atoms with Gasteiger partial charge in [-0.3, -0.25) is 4.79 Å². The molecule has 0 spiro atoms. The van der Waals surface area contributed by atoms with E-state index in [0.717, 1.165) is 3.57 Å². The Morgan fingerprint density at radius 2 is 2.15 bits per heavy atom. The lowest BCUT2D eigenvalue weighted by Gasteiger charge is -2.13. The second kappa shape index (κ2) is 8.31. The molecule has 1 aromatic rings. The van der Waals surface area contributed by atoms with E-state index in [0.29, 0.717) is 23.7 Å². The van der Waals surface area contributed by atoms with E-state index in [4.69, 9.17) is 16.7 Å². The van der Waals surface area contributed by atoms with Crippen molar-refractivity contribution in [3.8, 4) is 0 Å². The molecule has 0 bridgehead atoms. The summed E-state index contributed by atoms with van der Waals surface area (Å²) in [5, 5.41) is 14.6. The van der Waals surface area contributed by atoms with Gasteiger partial charge in [-0.05, 0) is 53.1 Å². The first-order chi connectivity index (χ1) is 9.38. The minimum Gasteiger partial charge on any atom is -0.481 e. The molecule has 1 rings (SSSR count). The number of anilines is 1. The third kappa shape index (κ3) is 6.42. The topological polar surface area (TPSA) is 78.4 Å². The van der Waals surface area contributed by atoms with Crippen molar-refractivity contribution < 1.29 is 14.7 Å². The van der Waals surface area contributed by atoms with E-state index in [1.807, 2.05) is 6.92 Å². The summed E-state index contributed by atoms with van der Waals surface area (Å²) in [5.74, 6) is -0.710. The molecule has 110 valence electrons. The van der Waals surface area contributed by atoms with Crippen LogP contribution in [0, 0.1) is 9.49 Å². The van der Waals surface area contributed by atoms with Gasteiger partial charge < -0.3 is 15.7 Å². The Labute approximate surface area is 136 Å². The van der Waals surface area contributed by atoms with Gasteiger partial charge in [0.25, 0.3) is 0 Å². The number of hydrogen-bond acceptors (Lipinski definition) is 2. The van der Waals surface area contributed by atoms with Crippen LogP contribution in [0.5, 0.6) is 0 Å². The smallest absolute Gasteiger partial charge is 0.319 e. The average molecular weight is 411 g/mol. The number of aliphatic carboxylic acids is 1. The van der Waals surface area contributed by atoms with Crippen LogP contribution in [0.1, 0.15) is 19.8 Å². The molecule has 0 aliphatic rings. The van der Waals surface area contributed by atoms with Crippen molar-refractivity contribution in [3.63, 3.8) is 0 Å². The molecule has 0 saturated heterocycles. The van der Waals surface area contributed by atoms with E-state index in [1.165, 1.54) is 0 Å². The van der Waals surface area contributed by atoms with Crippen LogP contribution in [0.25, 0.3) is 0 Å². The molecule has 1 unspecified atom stereocenters. The number of urea groups is 1. The summed E-state index contributed by atoms with van der Waals surface area (Å²) < 4.78 is 0.851. The predicted molar refractivity (Wildman–Crippen MR) is 87.2 cm³/mol. The standard InChI is InChI=1S/C13H16ClIN2O3/c1-8(2-5-12(18)19)7-16-13(20)17-11-4-3-9(14)6-10(11)15/h3-4,6,8H,2,5,7H2,1H3,(H,18,19)(H2,16,17,20). The molecule has 3 N–H and O–H groups in total. The van der Waals surface area contributed by atoms with Gasteiger partial charge in [-0.2, -0.15) is 0 Å². The van der Waals surface area contributed by atoms with Crippen molar-refractivity contribution in [3.05, 3.63) is 26.8 Å². The third-order valence-electron chi connectivity index (χ3n) is 2.64. The van der Waals surface area contributed by atoms with E-state index in [1.54, 1.807) is 18.2 Å². The number of carboxylic acid groups (broad SMARTS) is 1. The van der Waals surface area contributed by atoms with Gasteiger partial charge in [0.1, 0.15) is 0 Å². The Balaban J connectivity index is 2.38. The molecule has 0 aromatic heterocycles. The molecule has 0 aliphatic heterocycles. The highest BCUT2D eigenvalue weighted by atomic mass is 127. The van der Waals surface area contributed by atoms with E-state index < -0.39 is 5.97 Å². The average Bonchev–Trinajstić information content (AvgIpc) is 2.37. The first-order valence-electron chi connectivity index (χ1n) is 6.10. The summed E-state index contributed by atoms with van der Waals surface area (Å²) in [6.07, 6.45) is 0.646. The van der Waals surface area contributed by atoms with Crippen LogP contribution in [-0.4, -0.2) is 23.7 Å². The molecule has 5 nitrogen and oxygen atoms in total. The van der Waals surface area contributed by atoms with E-state index in [9.17, 15) is 9.59 Å². The number of hydrogen-bond donors (Lipinski definition) is 3. The van der Waals surface area contributed by atoms with Crippen molar-refractivity contribution in [2.24, 2.45) is 5.92 Å². The highest BCUT2D eigenvalue weighted by Crippen LogP contribution is 2.22. The second-order valence-electron chi connectivity index (χ2n) is 4.50. The number of rotatable bonds is 6. The van der Waals surface area contributed by atoms with Crippen LogP contribution in [0.2, 0.25) is 5.02 Å². The zero-order chi connectivity index (χ0) is 15.1. The van der Waals surface area contributed by atoms with E-state index in [2.05, 4.69) is 33.2 Å². The van der Waals surface area contributed by atoms with Crippen molar-refractivity contribution in [2.45, 2.75) is 19.8 Å². The first-order valence-corrected chi connectivity index (χ1v) is 7.56. The lowest BCUT2D eigenvalue weighted by atomic mass is 10.1. The SMILES string of the molecule is CC(CCC(=O)O)CNC(=O)Nc1ccc(Cl)cc1I. The fourth-order valence-corrected chi connectivity index (χ4v) is 2.50. The highest BCUT2D eigenvalue weighted by Gasteiger charge is 2.09. The largest absolute Gasteiger partial charge is 0.481 e. The third-order valence-corrected chi connectivity index (χ3v) is 3.77. The molecule has 20 heavy (non-hydrogen) atoms. The number of amides is 2. The molecule has 1 atom stereocenters.